The zero-order chi connectivity index (χ0) is 15.0. The van der Waals surface area contributed by atoms with E-state index in [9.17, 15) is 9.59 Å². The first kappa shape index (κ1) is 16.7. The molecule has 0 aromatic carbocycles. The Kier molecular flexibility index (Phi) is 7.30. The van der Waals surface area contributed by atoms with Crippen LogP contribution in [0.25, 0.3) is 0 Å². The van der Waals surface area contributed by atoms with E-state index in [0.29, 0.717) is 19.3 Å². The Morgan fingerprint density at radius 2 is 2.10 bits per heavy atom. The summed E-state index contributed by atoms with van der Waals surface area (Å²) in [5.41, 5.74) is 0. The number of carboxylic acids is 1. The molecule has 1 fully saturated rings. The third-order valence-electron chi connectivity index (χ3n) is 3.60. The van der Waals surface area contributed by atoms with Gasteiger partial charge in [0.25, 0.3) is 0 Å². The second kappa shape index (κ2) is 8.74. The summed E-state index contributed by atoms with van der Waals surface area (Å²) in [7, 11) is 0. The van der Waals surface area contributed by atoms with Crippen molar-refractivity contribution in [2.45, 2.75) is 70.1 Å². The summed E-state index contributed by atoms with van der Waals surface area (Å²) < 4.78 is 5.78. The Balaban J connectivity index is 2.50. The molecule has 5 nitrogen and oxygen atoms in total. The Bertz CT molecular complexity index is 337. The van der Waals surface area contributed by atoms with Gasteiger partial charge in [0.2, 0.25) is 5.91 Å². The molecule has 1 aliphatic carbocycles. The topological polar surface area (TPSA) is 75.6 Å². The lowest BCUT2D eigenvalue weighted by molar-refractivity contribution is -0.146. The number of carbonyl (C=O) groups is 2. The van der Waals surface area contributed by atoms with Gasteiger partial charge in [0, 0.05) is 0 Å². The van der Waals surface area contributed by atoms with Crippen molar-refractivity contribution in [1.29, 1.82) is 0 Å². The van der Waals surface area contributed by atoms with Crippen LogP contribution in [0.1, 0.15) is 51.9 Å². The number of allylic oxidation sites excluding steroid dienone is 1. The third-order valence-corrected chi connectivity index (χ3v) is 3.60. The molecule has 0 radical (unpaired) electrons. The highest BCUT2D eigenvalue weighted by Crippen LogP contribution is 2.23. The zero-order valence-corrected chi connectivity index (χ0v) is 12.1. The number of carboxylic acid groups (broad SMARTS) is 1. The summed E-state index contributed by atoms with van der Waals surface area (Å²) in [6.07, 6.45) is 6.95. The van der Waals surface area contributed by atoms with Gasteiger partial charge in [-0.2, -0.15) is 0 Å². The molecule has 0 aliphatic heterocycles. The largest absolute Gasteiger partial charge is 0.480 e. The van der Waals surface area contributed by atoms with Crippen LogP contribution in [0.4, 0.5) is 0 Å². The van der Waals surface area contributed by atoms with E-state index >= 15 is 0 Å². The maximum absolute atomic E-state index is 12.1. The molecule has 0 saturated heterocycles. The molecule has 5 heteroatoms. The number of hydrogen-bond acceptors (Lipinski definition) is 3. The molecule has 1 rings (SSSR count). The Hall–Kier alpha value is -1.36. The molecule has 114 valence electrons. The predicted molar refractivity (Wildman–Crippen MR) is 76.4 cm³/mol. The lowest BCUT2D eigenvalue weighted by Crippen LogP contribution is -2.46. The summed E-state index contributed by atoms with van der Waals surface area (Å²) in [5, 5.41) is 11.7. The number of ether oxygens (including phenoxy) is 1. The van der Waals surface area contributed by atoms with Crippen molar-refractivity contribution >= 4 is 11.9 Å². The average molecular weight is 283 g/mol. The van der Waals surface area contributed by atoms with Crippen molar-refractivity contribution in [1.82, 2.24) is 5.32 Å². The monoisotopic (exact) mass is 283 g/mol. The smallest absolute Gasteiger partial charge is 0.326 e. The van der Waals surface area contributed by atoms with Gasteiger partial charge in [-0.25, -0.2) is 4.79 Å². The fraction of sp³-hybridized carbons (Fsp3) is 0.733. The molecule has 1 aliphatic rings. The first-order valence-corrected chi connectivity index (χ1v) is 7.38. The van der Waals surface area contributed by atoms with Gasteiger partial charge in [-0.05, 0) is 32.1 Å². The number of amides is 1. The van der Waals surface area contributed by atoms with E-state index in [0.717, 1.165) is 25.7 Å². The second-order valence-electron chi connectivity index (χ2n) is 5.20. The molecular formula is C15H25NO4. The number of nitrogens with one attached hydrogen (secondary N) is 1. The fourth-order valence-electron chi connectivity index (χ4n) is 2.41. The molecular weight excluding hydrogens is 258 g/mol. The van der Waals surface area contributed by atoms with Gasteiger partial charge in [0.05, 0.1) is 6.10 Å². The van der Waals surface area contributed by atoms with E-state index < -0.39 is 18.1 Å². The van der Waals surface area contributed by atoms with E-state index in [1.165, 1.54) is 0 Å². The summed E-state index contributed by atoms with van der Waals surface area (Å²) in [6, 6.07) is -0.873. The van der Waals surface area contributed by atoms with Gasteiger partial charge in [-0.3, -0.25) is 4.79 Å². The summed E-state index contributed by atoms with van der Waals surface area (Å²) in [5.74, 6) is -1.34. The zero-order valence-electron chi connectivity index (χ0n) is 12.1. The Morgan fingerprint density at radius 1 is 1.45 bits per heavy atom. The van der Waals surface area contributed by atoms with Crippen molar-refractivity contribution in [2.75, 3.05) is 0 Å². The maximum atomic E-state index is 12.1. The van der Waals surface area contributed by atoms with E-state index in [2.05, 4.69) is 11.9 Å². The normalized spacial score (nSPS) is 18.4. The molecule has 0 aromatic rings. The highest BCUT2D eigenvalue weighted by molar-refractivity contribution is 5.86. The molecule has 1 saturated carbocycles. The number of rotatable bonds is 9. The number of carbonyl (C=O) groups excluding carboxylic acids is 1. The number of aliphatic carboxylic acids is 1. The average Bonchev–Trinajstić information content (AvgIpc) is 2.93. The van der Waals surface area contributed by atoms with Crippen molar-refractivity contribution in [2.24, 2.45) is 0 Å². The van der Waals surface area contributed by atoms with Crippen LogP contribution in [0.3, 0.4) is 0 Å². The van der Waals surface area contributed by atoms with Crippen LogP contribution in [0.2, 0.25) is 0 Å². The van der Waals surface area contributed by atoms with Gasteiger partial charge in [-0.15, -0.1) is 6.58 Å². The summed E-state index contributed by atoms with van der Waals surface area (Å²) >= 11 is 0. The van der Waals surface area contributed by atoms with Crippen LogP contribution in [0, 0.1) is 0 Å². The van der Waals surface area contributed by atoms with Crippen LogP contribution >= 0.6 is 0 Å². The maximum Gasteiger partial charge on any atom is 0.326 e. The molecule has 2 atom stereocenters. The lowest BCUT2D eigenvalue weighted by atomic mass is 10.1. The number of hydrogen-bond donors (Lipinski definition) is 2. The van der Waals surface area contributed by atoms with Gasteiger partial charge < -0.3 is 15.2 Å². The van der Waals surface area contributed by atoms with E-state index in [1.807, 2.05) is 6.92 Å². The van der Waals surface area contributed by atoms with Crippen LogP contribution in [0.5, 0.6) is 0 Å². The predicted octanol–water partition coefficient (Wildman–Crippen LogP) is 2.26. The molecule has 2 unspecified atom stereocenters. The minimum atomic E-state index is -1.02. The summed E-state index contributed by atoms with van der Waals surface area (Å²) in [6.45, 7) is 5.43. The van der Waals surface area contributed by atoms with Crippen molar-refractivity contribution < 1.29 is 19.4 Å². The first-order chi connectivity index (χ1) is 9.58. The van der Waals surface area contributed by atoms with Crippen LogP contribution in [-0.4, -0.2) is 35.2 Å². The molecule has 0 aromatic heterocycles. The Morgan fingerprint density at radius 3 is 2.60 bits per heavy atom. The first-order valence-electron chi connectivity index (χ1n) is 7.38. The van der Waals surface area contributed by atoms with Crippen LogP contribution in [0.15, 0.2) is 12.7 Å². The standard InChI is InChI=1S/C15H25NO4/c1-3-5-10-12(15(18)19)16-14(17)13(4-2)20-11-8-6-7-9-11/h3,11-13H,1,4-10H2,2H3,(H,16,17)(H,18,19). The highest BCUT2D eigenvalue weighted by atomic mass is 16.5. The van der Waals surface area contributed by atoms with Gasteiger partial charge in [0.15, 0.2) is 0 Å². The minimum absolute atomic E-state index is 0.141. The van der Waals surface area contributed by atoms with Crippen molar-refractivity contribution in [3.05, 3.63) is 12.7 Å². The highest BCUT2D eigenvalue weighted by Gasteiger charge is 2.27. The molecule has 2 N–H and O–H groups in total. The quantitative estimate of drug-likeness (QED) is 0.636. The molecule has 1 amide bonds. The molecule has 0 heterocycles. The van der Waals surface area contributed by atoms with Gasteiger partial charge in [-0.1, -0.05) is 25.8 Å². The van der Waals surface area contributed by atoms with E-state index in [4.69, 9.17) is 9.84 Å². The second-order valence-corrected chi connectivity index (χ2v) is 5.20. The third kappa shape index (κ3) is 5.33. The lowest BCUT2D eigenvalue weighted by Gasteiger charge is -2.22. The minimum Gasteiger partial charge on any atom is -0.480 e. The van der Waals surface area contributed by atoms with Crippen LogP contribution in [-0.2, 0) is 14.3 Å². The Labute approximate surface area is 120 Å². The van der Waals surface area contributed by atoms with Gasteiger partial charge in [0.1, 0.15) is 12.1 Å². The van der Waals surface area contributed by atoms with Crippen LogP contribution < -0.4 is 5.32 Å². The molecule has 0 bridgehead atoms. The molecule has 20 heavy (non-hydrogen) atoms. The molecule has 0 spiro atoms. The SMILES string of the molecule is C=CCCC(NC(=O)C(CC)OC1CCCC1)C(=O)O. The van der Waals surface area contributed by atoms with Crippen molar-refractivity contribution in [3.63, 3.8) is 0 Å². The van der Waals surface area contributed by atoms with Crippen molar-refractivity contribution in [3.8, 4) is 0 Å². The van der Waals surface area contributed by atoms with E-state index in [-0.39, 0.29) is 12.0 Å². The summed E-state index contributed by atoms with van der Waals surface area (Å²) in [4.78, 5) is 23.2. The van der Waals surface area contributed by atoms with E-state index in [1.54, 1.807) is 6.08 Å². The van der Waals surface area contributed by atoms with Gasteiger partial charge >= 0.3 is 5.97 Å². The fourth-order valence-corrected chi connectivity index (χ4v) is 2.41.